The van der Waals surface area contributed by atoms with Crippen LogP contribution in [0.4, 0.5) is 23.0 Å². The molecule has 12 heteroatoms. The first-order valence-electron chi connectivity index (χ1n) is 17.3. The number of carbonyl (C=O) groups is 1. The third kappa shape index (κ3) is 4.75. The van der Waals surface area contributed by atoms with Crippen LogP contribution >= 0.6 is 0 Å². The number of aliphatic hydroxyl groups is 1. The van der Waals surface area contributed by atoms with Crippen molar-refractivity contribution in [1.82, 2.24) is 24.0 Å². The van der Waals surface area contributed by atoms with Crippen LogP contribution in [0.5, 0.6) is 0 Å². The number of carbonyl (C=O) groups excluding carboxylic acids is 1. The monoisotopic (exact) mass is 662 g/mol. The molecule has 2 N–H and O–H groups in total. The number of ether oxygens (including phenoxy) is 1. The number of pyridine rings is 3. The summed E-state index contributed by atoms with van der Waals surface area (Å²) >= 11 is 0. The maximum Gasteiger partial charge on any atom is 0.276 e. The second-order valence-corrected chi connectivity index (χ2v) is 15.1. The normalized spacial score (nSPS) is 22.8. The topological polar surface area (TPSA) is 121 Å². The lowest BCUT2D eigenvalue weighted by molar-refractivity contribution is -0.0691. The molecule has 3 aliphatic heterocycles. The number of hydrogen-bond acceptors (Lipinski definition) is 9. The molecular formula is C37H42N8O4. The van der Waals surface area contributed by atoms with Crippen LogP contribution in [-0.4, -0.2) is 86.5 Å². The van der Waals surface area contributed by atoms with E-state index in [2.05, 4.69) is 50.4 Å². The molecule has 0 saturated carbocycles. The van der Waals surface area contributed by atoms with Crippen LogP contribution in [-0.2, 0) is 31.2 Å². The molecule has 1 unspecified atom stereocenters. The number of piperazine rings is 1. The summed E-state index contributed by atoms with van der Waals surface area (Å²) < 4.78 is 9.06. The van der Waals surface area contributed by atoms with Gasteiger partial charge in [-0.3, -0.25) is 19.4 Å². The molecule has 0 spiro atoms. The number of amides is 1. The minimum Gasteiger partial charge on any atom is -0.382 e. The zero-order chi connectivity index (χ0) is 33.8. The van der Waals surface area contributed by atoms with Crippen LogP contribution in [0.15, 0.2) is 47.5 Å². The van der Waals surface area contributed by atoms with Gasteiger partial charge < -0.3 is 29.2 Å². The highest BCUT2D eigenvalue weighted by Gasteiger charge is 2.40. The van der Waals surface area contributed by atoms with Crippen molar-refractivity contribution in [2.45, 2.75) is 58.3 Å². The Labute approximate surface area is 284 Å². The van der Waals surface area contributed by atoms with Crippen LogP contribution < -0.4 is 20.7 Å². The first kappa shape index (κ1) is 30.5. The van der Waals surface area contributed by atoms with E-state index in [9.17, 15) is 14.7 Å². The van der Waals surface area contributed by atoms with Gasteiger partial charge in [-0.1, -0.05) is 13.8 Å². The SMILES string of the molecule is C[C@H]1CN(C2COC2)CCN1c1ccc(Nc2cc3c(n(C)c2=O)C(O)c2c-3ccnc2N2CCn3c(cc4c3CC(C)(C)C4)C2=O)nc1. The van der Waals surface area contributed by atoms with E-state index in [0.717, 1.165) is 62.5 Å². The van der Waals surface area contributed by atoms with Crippen LogP contribution in [0.25, 0.3) is 11.1 Å². The highest BCUT2D eigenvalue weighted by Crippen LogP contribution is 2.48. The van der Waals surface area contributed by atoms with Crippen LogP contribution in [0.3, 0.4) is 0 Å². The predicted molar refractivity (Wildman–Crippen MR) is 187 cm³/mol. The first-order valence-corrected chi connectivity index (χ1v) is 17.3. The fourth-order valence-corrected chi connectivity index (χ4v) is 8.72. The van der Waals surface area contributed by atoms with Gasteiger partial charge in [0.05, 0.1) is 36.8 Å². The van der Waals surface area contributed by atoms with Crippen molar-refractivity contribution in [3.8, 4) is 11.1 Å². The van der Waals surface area contributed by atoms with Crippen molar-refractivity contribution in [2.24, 2.45) is 12.5 Å². The quantitative estimate of drug-likeness (QED) is 0.331. The molecule has 7 heterocycles. The number of fused-ring (bicyclic) bond motifs is 6. The van der Waals surface area contributed by atoms with Gasteiger partial charge in [0.2, 0.25) is 0 Å². The lowest BCUT2D eigenvalue weighted by Crippen LogP contribution is -2.59. The zero-order valence-electron chi connectivity index (χ0n) is 28.4. The Bertz CT molecular complexity index is 2060. The fourth-order valence-electron chi connectivity index (χ4n) is 8.72. The van der Waals surface area contributed by atoms with Crippen molar-refractivity contribution in [1.29, 1.82) is 0 Å². The van der Waals surface area contributed by atoms with E-state index in [1.165, 1.54) is 15.8 Å². The van der Waals surface area contributed by atoms with E-state index in [1.807, 2.05) is 30.5 Å². The molecule has 9 rings (SSSR count). The summed E-state index contributed by atoms with van der Waals surface area (Å²) in [5, 5.41) is 15.0. The van der Waals surface area contributed by atoms with E-state index in [4.69, 9.17) is 4.74 Å². The average Bonchev–Trinajstić information content (AvgIpc) is 3.65. The molecule has 2 saturated heterocycles. The number of nitrogens with zero attached hydrogens (tertiary/aromatic N) is 7. The minimum atomic E-state index is -1.11. The van der Waals surface area contributed by atoms with E-state index < -0.39 is 6.10 Å². The standard InChI is InChI=1S/C37H42N8O4/c1-21-18-42(24-19-49-20-24)9-10-43(21)23-5-6-30(39-17-23)40-27-14-26-25-7-8-38-34(31(25)33(46)32(26)41(4)35(27)47)45-12-11-44-28(36(45)48)13-22-15-37(2,3)16-29(22)44/h5-8,13-14,17,21,24,33,46H,9-12,15-16,18-20H2,1-4H3,(H,39,40)/t21-,33?/m0/s1. The maximum absolute atomic E-state index is 13.9. The van der Waals surface area contributed by atoms with Crippen molar-refractivity contribution < 1.29 is 14.6 Å². The molecule has 2 aliphatic carbocycles. The lowest BCUT2D eigenvalue weighted by atomic mass is 9.90. The Hall–Kier alpha value is -4.52. The largest absolute Gasteiger partial charge is 0.382 e. The van der Waals surface area contributed by atoms with Gasteiger partial charge in [-0.15, -0.1) is 0 Å². The van der Waals surface area contributed by atoms with Gasteiger partial charge in [-0.05, 0) is 66.6 Å². The Morgan fingerprint density at radius 2 is 1.84 bits per heavy atom. The third-order valence-electron chi connectivity index (χ3n) is 11.3. The van der Waals surface area contributed by atoms with E-state index in [1.54, 1.807) is 24.2 Å². The Morgan fingerprint density at radius 3 is 2.57 bits per heavy atom. The van der Waals surface area contributed by atoms with Gasteiger partial charge in [0.15, 0.2) is 0 Å². The van der Waals surface area contributed by atoms with E-state index in [0.29, 0.717) is 59.4 Å². The number of anilines is 4. The Kier molecular flexibility index (Phi) is 6.85. The summed E-state index contributed by atoms with van der Waals surface area (Å²) in [5.41, 5.74) is 7.04. The molecule has 12 nitrogen and oxygen atoms in total. The van der Waals surface area contributed by atoms with E-state index in [-0.39, 0.29) is 16.9 Å². The molecule has 4 aromatic rings. The molecular weight excluding hydrogens is 620 g/mol. The summed E-state index contributed by atoms with van der Waals surface area (Å²) in [5.74, 6) is 0.886. The summed E-state index contributed by atoms with van der Waals surface area (Å²) in [6.07, 6.45) is 4.35. The van der Waals surface area contributed by atoms with Gasteiger partial charge in [0.25, 0.3) is 11.5 Å². The van der Waals surface area contributed by atoms with Crippen molar-refractivity contribution in [3.63, 3.8) is 0 Å². The fraction of sp³-hybridized carbons (Fsp3) is 0.459. The molecule has 5 aliphatic rings. The summed E-state index contributed by atoms with van der Waals surface area (Å²) in [6.45, 7) is 12.5. The maximum atomic E-state index is 13.9. The molecule has 0 radical (unpaired) electrons. The molecule has 254 valence electrons. The van der Waals surface area contributed by atoms with Crippen LogP contribution in [0.1, 0.15) is 59.9 Å². The highest BCUT2D eigenvalue weighted by atomic mass is 16.5. The van der Waals surface area contributed by atoms with E-state index >= 15 is 0 Å². The molecule has 49 heavy (non-hydrogen) atoms. The summed E-state index contributed by atoms with van der Waals surface area (Å²) in [6, 6.07) is 10.5. The summed E-state index contributed by atoms with van der Waals surface area (Å²) in [7, 11) is 1.67. The van der Waals surface area contributed by atoms with Crippen molar-refractivity contribution >= 4 is 28.9 Å². The van der Waals surface area contributed by atoms with Gasteiger partial charge in [0.1, 0.15) is 29.1 Å². The Morgan fingerprint density at radius 1 is 1.00 bits per heavy atom. The molecule has 1 amide bonds. The van der Waals surface area contributed by atoms with Crippen LogP contribution in [0.2, 0.25) is 0 Å². The molecule has 4 aromatic heterocycles. The van der Waals surface area contributed by atoms with Gasteiger partial charge in [-0.25, -0.2) is 9.97 Å². The number of aliphatic hydroxyl groups excluding tert-OH is 1. The molecule has 2 fully saturated rings. The zero-order valence-corrected chi connectivity index (χ0v) is 28.4. The van der Waals surface area contributed by atoms with Gasteiger partial charge in [0, 0.05) is 68.8 Å². The highest BCUT2D eigenvalue weighted by molar-refractivity contribution is 6.07. The smallest absolute Gasteiger partial charge is 0.276 e. The molecule has 0 bridgehead atoms. The number of aromatic nitrogens is 4. The van der Waals surface area contributed by atoms with Crippen molar-refractivity contribution in [3.05, 3.63) is 81.3 Å². The number of hydrogen-bond donors (Lipinski definition) is 2. The van der Waals surface area contributed by atoms with Crippen LogP contribution in [0, 0.1) is 5.41 Å². The van der Waals surface area contributed by atoms with Crippen molar-refractivity contribution in [2.75, 3.05) is 54.5 Å². The average molecular weight is 663 g/mol. The number of rotatable bonds is 5. The second kappa shape index (κ2) is 11.0. The Balaban J connectivity index is 0.980. The molecule has 2 atom stereocenters. The third-order valence-corrected chi connectivity index (χ3v) is 11.3. The predicted octanol–water partition coefficient (Wildman–Crippen LogP) is 3.48. The first-order chi connectivity index (χ1) is 23.6. The van der Waals surface area contributed by atoms with Gasteiger partial charge in [-0.2, -0.15) is 0 Å². The lowest BCUT2D eigenvalue weighted by Gasteiger charge is -2.46. The second-order valence-electron chi connectivity index (χ2n) is 15.1. The summed E-state index contributed by atoms with van der Waals surface area (Å²) in [4.78, 5) is 43.5. The van der Waals surface area contributed by atoms with Gasteiger partial charge >= 0.3 is 0 Å². The number of nitrogens with one attached hydrogen (secondary N) is 1. The molecule has 0 aromatic carbocycles. The minimum absolute atomic E-state index is 0.113.